The van der Waals surface area contributed by atoms with Crippen molar-refractivity contribution < 1.29 is 19.7 Å². The van der Waals surface area contributed by atoms with Crippen molar-refractivity contribution >= 4 is 5.97 Å². The first-order chi connectivity index (χ1) is 9.19. The van der Waals surface area contributed by atoms with Crippen LogP contribution in [0.4, 0.5) is 0 Å². The van der Waals surface area contributed by atoms with Crippen molar-refractivity contribution in [2.75, 3.05) is 7.11 Å². The molecule has 4 nitrogen and oxygen atoms in total. The molecule has 0 heterocycles. The Kier molecular flexibility index (Phi) is 5.31. The van der Waals surface area contributed by atoms with Gasteiger partial charge in [-0.2, -0.15) is 0 Å². The lowest BCUT2D eigenvalue weighted by molar-refractivity contribution is -0.134. The zero-order chi connectivity index (χ0) is 15.5. The Morgan fingerprint density at radius 3 is 2.55 bits per heavy atom. The van der Waals surface area contributed by atoms with Gasteiger partial charge in [0.05, 0.1) is 13.2 Å². The minimum Gasteiger partial charge on any atom is -0.466 e. The molecule has 0 aromatic heterocycles. The van der Waals surface area contributed by atoms with E-state index in [2.05, 4.69) is 4.74 Å². The Balaban J connectivity index is 3.05. The average molecular weight is 280 g/mol. The predicted octanol–water partition coefficient (Wildman–Crippen LogP) is 2.13. The third-order valence-corrected chi connectivity index (χ3v) is 3.74. The Morgan fingerprint density at radius 2 is 2.00 bits per heavy atom. The van der Waals surface area contributed by atoms with Crippen molar-refractivity contribution in [2.24, 2.45) is 5.41 Å². The molecule has 0 aromatic carbocycles. The monoisotopic (exact) mass is 280 g/mol. The van der Waals surface area contributed by atoms with Crippen LogP contribution >= 0.6 is 0 Å². The van der Waals surface area contributed by atoms with Gasteiger partial charge in [0.25, 0.3) is 0 Å². The molecule has 0 amide bonds. The van der Waals surface area contributed by atoms with Gasteiger partial charge < -0.3 is 14.9 Å². The predicted molar refractivity (Wildman–Crippen MR) is 78.0 cm³/mol. The van der Waals surface area contributed by atoms with Crippen molar-refractivity contribution in [3.8, 4) is 0 Å². The highest BCUT2D eigenvalue weighted by atomic mass is 16.5. The molecule has 2 N–H and O–H groups in total. The molecule has 0 aliphatic heterocycles. The zero-order valence-corrected chi connectivity index (χ0v) is 12.8. The maximum Gasteiger partial charge on any atom is 0.330 e. The molecule has 0 bridgehead atoms. The lowest BCUT2D eigenvalue weighted by Gasteiger charge is -2.38. The lowest BCUT2D eigenvalue weighted by atomic mass is 9.70. The largest absolute Gasteiger partial charge is 0.466 e. The molecule has 0 fully saturated rings. The lowest BCUT2D eigenvalue weighted by Crippen LogP contribution is -2.38. The first kappa shape index (κ1) is 16.7. The SMILES string of the molecule is COC(=O)/C=C(C)/C=C/C1=C(C)[C@@H](O)[C@@H](O)CC1(C)C. The van der Waals surface area contributed by atoms with E-state index in [1.54, 1.807) is 0 Å². The molecule has 112 valence electrons. The van der Waals surface area contributed by atoms with Gasteiger partial charge in [0.1, 0.15) is 6.10 Å². The fraction of sp³-hybridized carbons (Fsp3) is 0.562. The van der Waals surface area contributed by atoms with Crippen molar-refractivity contribution in [1.82, 2.24) is 0 Å². The highest BCUT2D eigenvalue weighted by Crippen LogP contribution is 2.41. The summed E-state index contributed by atoms with van der Waals surface area (Å²) in [5.41, 5.74) is 2.32. The summed E-state index contributed by atoms with van der Waals surface area (Å²) in [6, 6.07) is 0. The van der Waals surface area contributed by atoms with Crippen molar-refractivity contribution in [1.29, 1.82) is 0 Å². The highest BCUT2D eigenvalue weighted by molar-refractivity contribution is 5.83. The number of carbonyl (C=O) groups is 1. The number of allylic oxidation sites excluding steroid dienone is 4. The summed E-state index contributed by atoms with van der Waals surface area (Å²) in [5, 5.41) is 19.8. The fourth-order valence-electron chi connectivity index (χ4n) is 2.59. The molecule has 1 rings (SSSR count). The maximum absolute atomic E-state index is 11.1. The topological polar surface area (TPSA) is 66.8 Å². The van der Waals surface area contributed by atoms with Gasteiger partial charge in [-0.05, 0) is 42.4 Å². The summed E-state index contributed by atoms with van der Waals surface area (Å²) in [6.45, 7) is 7.70. The van der Waals surface area contributed by atoms with Gasteiger partial charge in [-0.1, -0.05) is 26.0 Å². The molecule has 4 heteroatoms. The quantitative estimate of drug-likeness (QED) is 0.472. The highest BCUT2D eigenvalue weighted by Gasteiger charge is 2.36. The van der Waals surface area contributed by atoms with E-state index in [0.29, 0.717) is 6.42 Å². The van der Waals surface area contributed by atoms with E-state index >= 15 is 0 Å². The number of esters is 1. The minimum atomic E-state index is -0.826. The summed E-state index contributed by atoms with van der Waals surface area (Å²) in [7, 11) is 1.34. The molecule has 0 spiro atoms. The number of rotatable bonds is 3. The summed E-state index contributed by atoms with van der Waals surface area (Å²) in [5.74, 6) is -0.392. The molecular weight excluding hydrogens is 256 g/mol. The number of aliphatic hydroxyl groups excluding tert-OH is 2. The normalized spacial score (nSPS) is 27.1. The summed E-state index contributed by atoms with van der Waals surface area (Å²) < 4.78 is 4.57. The van der Waals surface area contributed by atoms with Gasteiger partial charge in [0, 0.05) is 6.08 Å². The van der Waals surface area contributed by atoms with Crippen LogP contribution in [0.5, 0.6) is 0 Å². The Labute approximate surface area is 120 Å². The Hall–Kier alpha value is -1.39. The van der Waals surface area contributed by atoms with Gasteiger partial charge in [0.2, 0.25) is 0 Å². The second-order valence-corrected chi connectivity index (χ2v) is 5.94. The Morgan fingerprint density at radius 1 is 1.40 bits per heavy atom. The molecule has 2 atom stereocenters. The minimum absolute atomic E-state index is 0.217. The second-order valence-electron chi connectivity index (χ2n) is 5.94. The first-order valence-electron chi connectivity index (χ1n) is 6.70. The molecule has 0 radical (unpaired) electrons. The van der Waals surface area contributed by atoms with E-state index in [0.717, 1.165) is 16.7 Å². The number of carbonyl (C=O) groups excluding carboxylic acids is 1. The summed E-state index contributed by atoms with van der Waals surface area (Å²) in [4.78, 5) is 11.1. The standard InChI is InChI=1S/C16H24O4/c1-10(8-14(18)20-5)6-7-12-11(2)15(19)13(17)9-16(12,3)4/h6-8,13,15,17,19H,9H2,1-5H3/b7-6+,10-8+/t13-,15+/m0/s1. The van der Waals surface area contributed by atoms with Crippen LogP contribution in [0.2, 0.25) is 0 Å². The van der Waals surface area contributed by atoms with Crippen molar-refractivity contribution in [3.63, 3.8) is 0 Å². The van der Waals surface area contributed by atoms with E-state index in [4.69, 9.17) is 0 Å². The molecule has 20 heavy (non-hydrogen) atoms. The number of ether oxygens (including phenoxy) is 1. The molecule has 0 saturated carbocycles. The number of hydrogen-bond acceptors (Lipinski definition) is 4. The van der Waals surface area contributed by atoms with Crippen LogP contribution in [0.3, 0.4) is 0 Å². The van der Waals surface area contributed by atoms with Crippen LogP contribution in [0.15, 0.2) is 34.9 Å². The first-order valence-corrected chi connectivity index (χ1v) is 6.70. The second kappa shape index (κ2) is 6.37. The molecular formula is C16H24O4. The Bertz CT molecular complexity index is 469. The van der Waals surface area contributed by atoms with Crippen molar-refractivity contribution in [3.05, 3.63) is 34.9 Å². The van der Waals surface area contributed by atoms with Gasteiger partial charge in [-0.15, -0.1) is 0 Å². The number of methoxy groups -OCH3 is 1. The van der Waals surface area contributed by atoms with Crippen LogP contribution in [0.25, 0.3) is 0 Å². The van der Waals surface area contributed by atoms with Crippen LogP contribution in [0.1, 0.15) is 34.1 Å². The molecule has 0 saturated heterocycles. The van der Waals surface area contributed by atoms with Crippen LogP contribution in [0, 0.1) is 5.41 Å². The van der Waals surface area contributed by atoms with Crippen LogP contribution < -0.4 is 0 Å². The van der Waals surface area contributed by atoms with Gasteiger partial charge in [-0.25, -0.2) is 4.79 Å². The van der Waals surface area contributed by atoms with Crippen LogP contribution in [-0.2, 0) is 9.53 Å². The maximum atomic E-state index is 11.1. The van der Waals surface area contributed by atoms with E-state index < -0.39 is 18.2 Å². The van der Waals surface area contributed by atoms with E-state index in [1.165, 1.54) is 13.2 Å². The summed E-state index contributed by atoms with van der Waals surface area (Å²) >= 11 is 0. The number of hydrogen-bond donors (Lipinski definition) is 2. The van der Waals surface area contributed by atoms with Gasteiger partial charge in [-0.3, -0.25) is 0 Å². The molecule has 1 aliphatic carbocycles. The summed E-state index contributed by atoms with van der Waals surface area (Å²) in [6.07, 6.45) is 4.08. The molecule has 0 unspecified atom stereocenters. The average Bonchev–Trinajstić information content (AvgIpc) is 2.35. The fourth-order valence-corrected chi connectivity index (χ4v) is 2.59. The van der Waals surface area contributed by atoms with Gasteiger partial charge in [0.15, 0.2) is 0 Å². The van der Waals surface area contributed by atoms with E-state index in [1.807, 2.05) is 39.8 Å². The van der Waals surface area contributed by atoms with Crippen molar-refractivity contribution in [2.45, 2.75) is 46.3 Å². The molecule has 1 aliphatic rings. The van der Waals surface area contributed by atoms with E-state index in [-0.39, 0.29) is 5.41 Å². The zero-order valence-electron chi connectivity index (χ0n) is 12.8. The van der Waals surface area contributed by atoms with Crippen LogP contribution in [-0.4, -0.2) is 35.5 Å². The third-order valence-electron chi connectivity index (χ3n) is 3.74. The third kappa shape index (κ3) is 3.81. The smallest absolute Gasteiger partial charge is 0.330 e. The number of aliphatic hydroxyl groups is 2. The molecule has 0 aromatic rings. The van der Waals surface area contributed by atoms with E-state index in [9.17, 15) is 15.0 Å². The van der Waals surface area contributed by atoms with Gasteiger partial charge >= 0.3 is 5.97 Å².